The predicted octanol–water partition coefficient (Wildman–Crippen LogP) is 1.89. The molecule has 2 amide bonds. The number of aliphatic hydroxyl groups excluding tert-OH is 1. The minimum atomic E-state index is -0.367. The quantitative estimate of drug-likeness (QED) is 0.888. The molecule has 1 saturated heterocycles. The third kappa shape index (κ3) is 4.71. The molecule has 1 heterocycles. The fourth-order valence-corrected chi connectivity index (χ4v) is 2.74. The van der Waals surface area contributed by atoms with Gasteiger partial charge in [0.2, 0.25) is 11.8 Å². The summed E-state index contributed by atoms with van der Waals surface area (Å²) in [5.41, 5.74) is 0.852. The van der Waals surface area contributed by atoms with Crippen LogP contribution in [0.15, 0.2) is 24.3 Å². The lowest BCUT2D eigenvalue weighted by Gasteiger charge is -2.31. The Morgan fingerprint density at radius 2 is 1.91 bits per heavy atom. The third-order valence-electron chi connectivity index (χ3n) is 3.85. The summed E-state index contributed by atoms with van der Waals surface area (Å²) in [5.74, 6) is -0.192. The van der Waals surface area contributed by atoms with Gasteiger partial charge in [0.25, 0.3) is 0 Å². The molecule has 1 fully saturated rings. The molecule has 1 aromatic rings. The highest BCUT2D eigenvalue weighted by Crippen LogP contribution is 2.21. The van der Waals surface area contributed by atoms with Crippen molar-refractivity contribution in [1.29, 1.82) is 0 Å². The first-order valence-corrected chi connectivity index (χ1v) is 7.82. The molecule has 2 rings (SSSR count). The number of likely N-dealkylation sites (tertiary alicyclic amines) is 1. The lowest BCUT2D eigenvalue weighted by molar-refractivity contribution is -0.134. The largest absolute Gasteiger partial charge is 0.393 e. The summed E-state index contributed by atoms with van der Waals surface area (Å²) >= 11 is 5.88. The van der Waals surface area contributed by atoms with Gasteiger partial charge in [0, 0.05) is 25.0 Å². The molecular weight excluding hydrogens is 304 g/mol. The number of hydrogen-bond donors (Lipinski definition) is 2. The molecule has 120 valence electrons. The fourth-order valence-electron chi connectivity index (χ4n) is 2.61. The topological polar surface area (TPSA) is 69.6 Å². The summed E-state index contributed by atoms with van der Waals surface area (Å²) in [6.07, 6.45) is 1.11. The molecule has 1 aromatic carbocycles. The van der Waals surface area contributed by atoms with E-state index in [1.54, 1.807) is 17.0 Å². The molecule has 2 N–H and O–H groups in total. The van der Waals surface area contributed by atoms with Crippen LogP contribution in [0, 0.1) is 0 Å². The van der Waals surface area contributed by atoms with Crippen molar-refractivity contribution in [2.75, 3.05) is 13.1 Å². The number of carbonyl (C=O) groups excluding carboxylic acids is 2. The molecule has 1 aliphatic heterocycles. The van der Waals surface area contributed by atoms with Crippen molar-refractivity contribution >= 4 is 23.4 Å². The molecule has 5 nitrogen and oxygen atoms in total. The van der Waals surface area contributed by atoms with Crippen LogP contribution in [-0.2, 0) is 9.59 Å². The van der Waals surface area contributed by atoms with Crippen molar-refractivity contribution in [1.82, 2.24) is 10.2 Å². The van der Waals surface area contributed by atoms with Gasteiger partial charge in [-0.05, 0) is 30.5 Å². The van der Waals surface area contributed by atoms with Crippen LogP contribution in [0.1, 0.15) is 37.8 Å². The van der Waals surface area contributed by atoms with Crippen molar-refractivity contribution in [3.63, 3.8) is 0 Å². The minimum Gasteiger partial charge on any atom is -0.393 e. The maximum absolute atomic E-state index is 12.4. The molecule has 0 radical (unpaired) electrons. The van der Waals surface area contributed by atoms with Crippen molar-refractivity contribution < 1.29 is 14.7 Å². The number of nitrogens with zero attached hydrogens (tertiary/aromatic N) is 1. The van der Waals surface area contributed by atoms with E-state index in [2.05, 4.69) is 5.32 Å². The van der Waals surface area contributed by atoms with Crippen molar-refractivity contribution in [3.8, 4) is 0 Å². The number of benzene rings is 1. The Hall–Kier alpha value is -1.59. The summed E-state index contributed by atoms with van der Waals surface area (Å²) in [6.45, 7) is 2.56. The highest BCUT2D eigenvalue weighted by atomic mass is 35.5. The van der Waals surface area contributed by atoms with Crippen LogP contribution in [0.2, 0.25) is 5.02 Å². The van der Waals surface area contributed by atoms with E-state index in [-0.39, 0.29) is 30.4 Å². The Morgan fingerprint density at radius 1 is 1.32 bits per heavy atom. The zero-order chi connectivity index (χ0) is 16.1. The molecule has 6 heteroatoms. The number of piperidine rings is 1. The molecular formula is C16H21ClN2O3. The Bertz CT molecular complexity index is 525. The molecule has 22 heavy (non-hydrogen) atoms. The van der Waals surface area contributed by atoms with E-state index in [1.807, 2.05) is 12.1 Å². The zero-order valence-corrected chi connectivity index (χ0v) is 13.3. The number of hydrogen-bond acceptors (Lipinski definition) is 3. The van der Waals surface area contributed by atoms with Crippen molar-refractivity contribution in [2.45, 2.75) is 38.3 Å². The number of nitrogens with one attached hydrogen (secondary N) is 1. The average molecular weight is 325 g/mol. The van der Waals surface area contributed by atoms with E-state index in [0.29, 0.717) is 31.0 Å². The lowest BCUT2D eigenvalue weighted by Crippen LogP contribution is -2.41. The van der Waals surface area contributed by atoms with Crippen LogP contribution in [0.5, 0.6) is 0 Å². The van der Waals surface area contributed by atoms with Crippen LogP contribution < -0.4 is 5.32 Å². The molecule has 1 aliphatic rings. The number of rotatable bonds is 4. The summed E-state index contributed by atoms with van der Waals surface area (Å²) < 4.78 is 0. The van der Waals surface area contributed by atoms with E-state index >= 15 is 0 Å². The van der Waals surface area contributed by atoms with Gasteiger partial charge in [0.1, 0.15) is 0 Å². The van der Waals surface area contributed by atoms with Gasteiger partial charge in [-0.15, -0.1) is 0 Å². The second kappa shape index (κ2) is 7.61. The summed E-state index contributed by atoms with van der Waals surface area (Å²) in [4.78, 5) is 25.6. The number of amides is 2. The van der Waals surface area contributed by atoms with E-state index < -0.39 is 0 Å². The number of carbonyl (C=O) groups is 2. The average Bonchev–Trinajstić information content (AvgIpc) is 2.47. The summed E-state index contributed by atoms with van der Waals surface area (Å²) in [5, 5.41) is 12.9. The van der Waals surface area contributed by atoms with Gasteiger partial charge in [-0.3, -0.25) is 9.59 Å². The van der Waals surface area contributed by atoms with Crippen LogP contribution in [-0.4, -0.2) is 41.0 Å². The SMILES string of the molecule is CC(=O)NC(CC(=O)N1CCC(O)CC1)c1ccc(Cl)cc1. The molecule has 1 atom stereocenters. The van der Waals surface area contributed by atoms with E-state index in [1.165, 1.54) is 6.92 Å². The predicted molar refractivity (Wildman–Crippen MR) is 84.4 cm³/mol. The summed E-state index contributed by atoms with van der Waals surface area (Å²) in [7, 11) is 0. The normalized spacial score (nSPS) is 17.1. The maximum Gasteiger partial charge on any atom is 0.224 e. The van der Waals surface area contributed by atoms with Crippen molar-refractivity contribution in [3.05, 3.63) is 34.9 Å². The summed E-state index contributed by atoms with van der Waals surface area (Å²) in [6, 6.07) is 6.75. The fraction of sp³-hybridized carbons (Fsp3) is 0.500. The van der Waals surface area contributed by atoms with Gasteiger partial charge in [0.15, 0.2) is 0 Å². The molecule has 0 aliphatic carbocycles. The second-order valence-electron chi connectivity index (χ2n) is 5.62. The Kier molecular flexibility index (Phi) is 5.80. The molecule has 0 saturated carbocycles. The van der Waals surface area contributed by atoms with Crippen LogP contribution >= 0.6 is 11.6 Å². The van der Waals surface area contributed by atoms with Gasteiger partial charge >= 0.3 is 0 Å². The second-order valence-corrected chi connectivity index (χ2v) is 6.06. The highest BCUT2D eigenvalue weighted by Gasteiger charge is 2.24. The van der Waals surface area contributed by atoms with Crippen LogP contribution in [0.4, 0.5) is 0 Å². The van der Waals surface area contributed by atoms with Crippen molar-refractivity contribution in [2.24, 2.45) is 0 Å². The standard InChI is InChI=1S/C16H21ClN2O3/c1-11(20)18-15(12-2-4-13(17)5-3-12)10-16(22)19-8-6-14(21)7-9-19/h2-5,14-15,21H,6-10H2,1H3,(H,18,20). The molecule has 0 aromatic heterocycles. The zero-order valence-electron chi connectivity index (χ0n) is 12.6. The van der Waals surface area contributed by atoms with Crippen LogP contribution in [0.25, 0.3) is 0 Å². The van der Waals surface area contributed by atoms with E-state index in [9.17, 15) is 14.7 Å². The number of halogens is 1. The van der Waals surface area contributed by atoms with Gasteiger partial charge in [-0.25, -0.2) is 0 Å². The van der Waals surface area contributed by atoms with Gasteiger partial charge in [-0.2, -0.15) is 0 Å². The molecule has 0 spiro atoms. The number of aliphatic hydroxyl groups is 1. The highest BCUT2D eigenvalue weighted by molar-refractivity contribution is 6.30. The van der Waals surface area contributed by atoms with Crippen LogP contribution in [0.3, 0.4) is 0 Å². The Morgan fingerprint density at radius 3 is 2.45 bits per heavy atom. The van der Waals surface area contributed by atoms with E-state index in [4.69, 9.17) is 11.6 Å². The first-order chi connectivity index (χ1) is 10.5. The Labute approximate surface area is 135 Å². The third-order valence-corrected chi connectivity index (χ3v) is 4.10. The first-order valence-electron chi connectivity index (χ1n) is 7.44. The lowest BCUT2D eigenvalue weighted by atomic mass is 10.0. The van der Waals surface area contributed by atoms with E-state index in [0.717, 1.165) is 5.56 Å². The van der Waals surface area contributed by atoms with Gasteiger partial charge in [-0.1, -0.05) is 23.7 Å². The maximum atomic E-state index is 12.4. The van der Waals surface area contributed by atoms with Gasteiger partial charge < -0.3 is 15.3 Å². The Balaban J connectivity index is 2.04. The smallest absolute Gasteiger partial charge is 0.224 e. The van der Waals surface area contributed by atoms with Gasteiger partial charge in [0.05, 0.1) is 18.6 Å². The molecule has 1 unspecified atom stereocenters. The minimum absolute atomic E-state index is 0.0133. The monoisotopic (exact) mass is 324 g/mol. The first kappa shape index (κ1) is 16.8. The molecule has 0 bridgehead atoms.